The van der Waals surface area contributed by atoms with Crippen molar-refractivity contribution in [3.8, 4) is 0 Å². The zero-order valence-corrected chi connectivity index (χ0v) is 17.5. The highest BCUT2D eigenvalue weighted by atomic mass is 35.5. The highest BCUT2D eigenvalue weighted by Gasteiger charge is 2.44. The van der Waals surface area contributed by atoms with Gasteiger partial charge < -0.3 is 10.6 Å². The van der Waals surface area contributed by atoms with Gasteiger partial charge in [0, 0.05) is 24.2 Å². The van der Waals surface area contributed by atoms with Crippen LogP contribution in [0.1, 0.15) is 46.0 Å². The van der Waals surface area contributed by atoms with E-state index in [-0.39, 0.29) is 0 Å². The van der Waals surface area contributed by atoms with Crippen molar-refractivity contribution in [3.63, 3.8) is 0 Å². The van der Waals surface area contributed by atoms with Crippen molar-refractivity contribution in [1.29, 1.82) is 0 Å². The van der Waals surface area contributed by atoms with Gasteiger partial charge in [0.1, 0.15) is 16.7 Å². The van der Waals surface area contributed by atoms with E-state index in [0.29, 0.717) is 21.7 Å². The minimum atomic E-state index is 0.337. The van der Waals surface area contributed by atoms with Gasteiger partial charge in [0.2, 0.25) is 0 Å². The molecule has 2 aromatic heterocycles. The van der Waals surface area contributed by atoms with Gasteiger partial charge in [-0.1, -0.05) is 37.2 Å². The smallest absolute Gasteiger partial charge is 0.147 e. The number of nitrogens with zero attached hydrogens (tertiary/aromatic N) is 4. The lowest BCUT2D eigenvalue weighted by molar-refractivity contribution is 0.199. The molecular weight excluding hydrogens is 378 g/mol. The molecular formula is C20H26ClN5S. The number of rotatable bonds is 3. The number of hydrogen-bond donors (Lipinski definition) is 1. The fourth-order valence-electron chi connectivity index (χ4n) is 4.59. The van der Waals surface area contributed by atoms with E-state index in [1.54, 1.807) is 6.20 Å². The summed E-state index contributed by atoms with van der Waals surface area (Å²) in [4.78, 5) is 16.4. The Morgan fingerprint density at radius 2 is 1.85 bits per heavy atom. The van der Waals surface area contributed by atoms with Gasteiger partial charge in [0.25, 0.3) is 0 Å². The maximum atomic E-state index is 6.21. The third-order valence-corrected chi connectivity index (χ3v) is 7.53. The van der Waals surface area contributed by atoms with Crippen molar-refractivity contribution in [2.45, 2.75) is 55.9 Å². The van der Waals surface area contributed by atoms with E-state index in [9.17, 15) is 0 Å². The molecule has 1 spiro atoms. The molecule has 0 unspecified atom stereocenters. The van der Waals surface area contributed by atoms with E-state index in [1.807, 2.05) is 18.5 Å². The van der Waals surface area contributed by atoms with Gasteiger partial charge in [0.15, 0.2) is 0 Å². The van der Waals surface area contributed by atoms with Gasteiger partial charge in [-0.25, -0.2) is 15.0 Å². The molecule has 0 radical (unpaired) electrons. The van der Waals surface area contributed by atoms with Gasteiger partial charge >= 0.3 is 0 Å². The first-order valence-corrected chi connectivity index (χ1v) is 10.7. The van der Waals surface area contributed by atoms with Gasteiger partial charge in [-0.05, 0) is 49.0 Å². The molecule has 27 heavy (non-hydrogen) atoms. The predicted molar refractivity (Wildman–Crippen MR) is 111 cm³/mol. The number of nitrogens with two attached hydrogens (primary N) is 1. The van der Waals surface area contributed by atoms with Crippen LogP contribution in [0.2, 0.25) is 5.02 Å². The Kier molecular flexibility index (Phi) is 4.97. The molecule has 144 valence electrons. The number of anilines is 2. The van der Waals surface area contributed by atoms with Crippen molar-refractivity contribution in [1.82, 2.24) is 15.0 Å². The van der Waals surface area contributed by atoms with E-state index < -0.39 is 0 Å². The Balaban J connectivity index is 1.39. The Morgan fingerprint density at radius 1 is 1.07 bits per heavy atom. The van der Waals surface area contributed by atoms with Gasteiger partial charge in [-0.3, -0.25) is 0 Å². The van der Waals surface area contributed by atoms with Crippen LogP contribution in [0, 0.1) is 10.8 Å². The van der Waals surface area contributed by atoms with Crippen molar-refractivity contribution >= 4 is 35.0 Å². The zero-order chi connectivity index (χ0) is 19.1. The summed E-state index contributed by atoms with van der Waals surface area (Å²) < 4.78 is 0. The van der Waals surface area contributed by atoms with Crippen LogP contribution in [-0.4, -0.2) is 28.0 Å². The largest absolute Gasteiger partial charge is 0.382 e. The van der Waals surface area contributed by atoms with E-state index in [2.05, 4.69) is 33.7 Å². The summed E-state index contributed by atoms with van der Waals surface area (Å²) in [5.74, 6) is 1.30. The molecule has 4 rings (SSSR count). The van der Waals surface area contributed by atoms with Crippen LogP contribution in [0.5, 0.6) is 0 Å². The Hall–Kier alpha value is -1.53. The van der Waals surface area contributed by atoms with E-state index >= 15 is 0 Å². The molecule has 0 aromatic carbocycles. The zero-order valence-electron chi connectivity index (χ0n) is 15.9. The van der Waals surface area contributed by atoms with Crippen molar-refractivity contribution in [2.75, 3.05) is 23.7 Å². The Labute approximate surface area is 170 Å². The van der Waals surface area contributed by atoms with E-state index in [0.717, 1.165) is 28.8 Å². The molecule has 7 heteroatoms. The summed E-state index contributed by atoms with van der Waals surface area (Å²) in [5, 5.41) is 1.27. The average Bonchev–Trinajstić information content (AvgIpc) is 2.95. The summed E-state index contributed by atoms with van der Waals surface area (Å²) in [6.07, 6.45) is 12.0. The predicted octanol–water partition coefficient (Wildman–Crippen LogP) is 5.06. The molecule has 1 saturated heterocycles. The molecule has 2 N–H and O–H groups in total. The second-order valence-corrected chi connectivity index (χ2v) is 10.1. The average molecular weight is 404 g/mol. The second kappa shape index (κ2) is 7.13. The van der Waals surface area contributed by atoms with Crippen LogP contribution >= 0.6 is 23.4 Å². The van der Waals surface area contributed by atoms with Crippen molar-refractivity contribution < 1.29 is 0 Å². The van der Waals surface area contributed by atoms with E-state index in [1.165, 1.54) is 43.9 Å². The molecule has 3 heterocycles. The first-order chi connectivity index (χ1) is 12.9. The van der Waals surface area contributed by atoms with Crippen molar-refractivity contribution in [2.24, 2.45) is 10.8 Å². The molecule has 5 nitrogen and oxygen atoms in total. The number of halogens is 1. The lowest BCUT2D eigenvalue weighted by atomic mass is 9.74. The standard InChI is InChI=1S/C20H26ClN5S/c1-19(2)4-5-20(13-19)6-9-26(10-7-20)15-11-25-16(12-24-15)27-14-3-8-23-18(22)17(14)21/h3,8,11-12H,4-7,9-10,13H2,1-2H3,(H2,22,23). The summed E-state index contributed by atoms with van der Waals surface area (Å²) in [7, 11) is 0. The normalized spacial score (nSPS) is 20.9. The Bertz CT molecular complexity index is 816. The maximum absolute atomic E-state index is 6.21. The van der Waals surface area contributed by atoms with Gasteiger partial charge in [-0.15, -0.1) is 0 Å². The lowest BCUT2D eigenvalue weighted by Gasteiger charge is -2.40. The summed E-state index contributed by atoms with van der Waals surface area (Å²) in [5.41, 5.74) is 6.83. The van der Waals surface area contributed by atoms with Gasteiger partial charge in [-0.2, -0.15) is 0 Å². The van der Waals surface area contributed by atoms with Crippen molar-refractivity contribution in [3.05, 3.63) is 29.7 Å². The maximum Gasteiger partial charge on any atom is 0.147 e. The summed E-state index contributed by atoms with van der Waals surface area (Å²) in [6.45, 7) is 6.98. The fourth-order valence-corrected chi connectivity index (χ4v) is 5.58. The molecule has 0 bridgehead atoms. The Morgan fingerprint density at radius 3 is 2.48 bits per heavy atom. The molecule has 2 aromatic rings. The van der Waals surface area contributed by atoms with E-state index in [4.69, 9.17) is 17.3 Å². The van der Waals surface area contributed by atoms with Crippen LogP contribution in [0.15, 0.2) is 34.6 Å². The van der Waals surface area contributed by atoms with Crippen LogP contribution in [0.4, 0.5) is 11.6 Å². The molecule has 2 fully saturated rings. The van der Waals surface area contributed by atoms with Gasteiger partial charge in [0.05, 0.1) is 17.4 Å². The number of aromatic nitrogens is 3. The number of nitrogen functional groups attached to an aromatic ring is 1. The van der Waals surface area contributed by atoms with Crippen LogP contribution < -0.4 is 10.6 Å². The number of piperidine rings is 1. The van der Waals surface area contributed by atoms with Crippen LogP contribution in [-0.2, 0) is 0 Å². The SMILES string of the molecule is CC1(C)CCC2(CCN(c3cnc(Sc4ccnc(N)c4Cl)cn3)CC2)C1. The second-order valence-electron chi connectivity index (χ2n) is 8.65. The highest BCUT2D eigenvalue weighted by molar-refractivity contribution is 7.99. The summed E-state index contributed by atoms with van der Waals surface area (Å²) in [6, 6.07) is 1.84. The molecule has 1 saturated carbocycles. The third kappa shape index (κ3) is 4.02. The quantitative estimate of drug-likeness (QED) is 0.772. The molecule has 0 amide bonds. The molecule has 0 atom stereocenters. The molecule has 2 aliphatic rings. The summed E-state index contributed by atoms with van der Waals surface area (Å²) >= 11 is 7.67. The number of pyridine rings is 1. The topological polar surface area (TPSA) is 67.9 Å². The van der Waals surface area contributed by atoms with Crippen LogP contribution in [0.3, 0.4) is 0 Å². The third-order valence-electron chi connectivity index (χ3n) is 6.04. The first-order valence-electron chi connectivity index (χ1n) is 9.51. The monoisotopic (exact) mass is 403 g/mol. The minimum absolute atomic E-state index is 0.337. The first kappa shape index (κ1) is 18.8. The highest BCUT2D eigenvalue weighted by Crippen LogP contribution is 2.54. The fraction of sp³-hybridized carbons (Fsp3) is 0.550. The van der Waals surface area contributed by atoms with Crippen LogP contribution in [0.25, 0.3) is 0 Å². The molecule has 1 aliphatic heterocycles. The molecule has 1 aliphatic carbocycles. The minimum Gasteiger partial charge on any atom is -0.382 e. The lowest BCUT2D eigenvalue weighted by Crippen LogP contribution is -2.39. The number of hydrogen-bond acceptors (Lipinski definition) is 6.